The van der Waals surface area contributed by atoms with E-state index in [9.17, 15) is 9.59 Å². The lowest BCUT2D eigenvalue weighted by atomic mass is 10.1. The van der Waals surface area contributed by atoms with Gasteiger partial charge < -0.3 is 20.3 Å². The van der Waals surface area contributed by atoms with Crippen LogP contribution < -0.4 is 15.4 Å². The molecule has 0 radical (unpaired) electrons. The van der Waals surface area contributed by atoms with Gasteiger partial charge in [-0.15, -0.1) is 0 Å². The van der Waals surface area contributed by atoms with E-state index in [-0.39, 0.29) is 18.5 Å². The van der Waals surface area contributed by atoms with E-state index in [1.54, 1.807) is 12.0 Å². The first-order valence-electron chi connectivity index (χ1n) is 8.11. The summed E-state index contributed by atoms with van der Waals surface area (Å²) in [5, 5.41) is 5.39. The summed E-state index contributed by atoms with van der Waals surface area (Å²) < 4.78 is 5.11. The molecule has 1 aromatic rings. The molecule has 126 valence electrons. The van der Waals surface area contributed by atoms with Crippen LogP contribution in [0.4, 0.5) is 4.79 Å². The summed E-state index contributed by atoms with van der Waals surface area (Å²) in [6.07, 6.45) is 3.85. The van der Waals surface area contributed by atoms with Crippen molar-refractivity contribution in [3.05, 3.63) is 29.8 Å². The third-order valence-corrected chi connectivity index (χ3v) is 3.95. The maximum atomic E-state index is 11.8. The average Bonchev–Trinajstić information content (AvgIpc) is 3.12. The summed E-state index contributed by atoms with van der Waals surface area (Å²) in [7, 11) is 1.64. The molecule has 6 heteroatoms. The van der Waals surface area contributed by atoms with Crippen LogP contribution in [0.1, 0.15) is 24.8 Å². The fourth-order valence-electron chi connectivity index (χ4n) is 2.58. The standard InChI is InChI=1S/C17H25N3O3/c1-23-15-8-6-14(7-9-15)5-4-10-18-17(22)19-13-16(21)20-11-2-3-12-20/h6-9H,2-5,10-13H2,1H3,(H2,18,19,22). The van der Waals surface area contributed by atoms with Crippen molar-refractivity contribution in [3.8, 4) is 5.75 Å². The number of amides is 3. The van der Waals surface area contributed by atoms with E-state index in [1.165, 1.54) is 5.56 Å². The molecule has 23 heavy (non-hydrogen) atoms. The van der Waals surface area contributed by atoms with Crippen LogP contribution in [0, 0.1) is 0 Å². The summed E-state index contributed by atoms with van der Waals surface area (Å²) in [4.78, 5) is 25.2. The van der Waals surface area contributed by atoms with E-state index in [2.05, 4.69) is 10.6 Å². The van der Waals surface area contributed by atoms with Crippen molar-refractivity contribution < 1.29 is 14.3 Å². The molecule has 2 N–H and O–H groups in total. The molecule has 6 nitrogen and oxygen atoms in total. The van der Waals surface area contributed by atoms with Crippen LogP contribution in [0.15, 0.2) is 24.3 Å². The Kier molecular flexibility index (Phi) is 6.72. The Morgan fingerprint density at radius 3 is 2.48 bits per heavy atom. The third-order valence-electron chi connectivity index (χ3n) is 3.95. The van der Waals surface area contributed by atoms with E-state index >= 15 is 0 Å². The number of rotatable bonds is 7. The van der Waals surface area contributed by atoms with Crippen molar-refractivity contribution in [3.63, 3.8) is 0 Å². The van der Waals surface area contributed by atoms with Crippen LogP contribution >= 0.6 is 0 Å². The third kappa shape index (κ3) is 5.81. The first kappa shape index (κ1) is 17.1. The summed E-state index contributed by atoms with van der Waals surface area (Å²) >= 11 is 0. The summed E-state index contributed by atoms with van der Waals surface area (Å²) in [6, 6.07) is 7.62. The van der Waals surface area contributed by atoms with Crippen molar-refractivity contribution in [2.45, 2.75) is 25.7 Å². The molecule has 0 atom stereocenters. The van der Waals surface area contributed by atoms with Gasteiger partial charge in [-0.25, -0.2) is 4.79 Å². The Hall–Kier alpha value is -2.24. The first-order chi connectivity index (χ1) is 11.2. The van der Waals surface area contributed by atoms with Crippen molar-refractivity contribution in [1.29, 1.82) is 0 Å². The average molecular weight is 319 g/mol. The zero-order valence-corrected chi connectivity index (χ0v) is 13.6. The SMILES string of the molecule is COc1ccc(CCCNC(=O)NCC(=O)N2CCCC2)cc1. The Labute approximate surface area is 137 Å². The van der Waals surface area contributed by atoms with Crippen molar-refractivity contribution in [1.82, 2.24) is 15.5 Å². The minimum Gasteiger partial charge on any atom is -0.497 e. The largest absolute Gasteiger partial charge is 0.497 e. The van der Waals surface area contributed by atoms with Gasteiger partial charge >= 0.3 is 6.03 Å². The predicted molar refractivity (Wildman–Crippen MR) is 88.5 cm³/mol. The lowest BCUT2D eigenvalue weighted by Crippen LogP contribution is -2.43. The van der Waals surface area contributed by atoms with Crippen LogP contribution in [0.5, 0.6) is 5.75 Å². The predicted octanol–water partition coefficient (Wildman–Crippen LogP) is 1.55. The maximum absolute atomic E-state index is 11.8. The summed E-state index contributed by atoms with van der Waals surface area (Å²) in [5.41, 5.74) is 1.21. The second kappa shape index (κ2) is 9.02. The van der Waals surface area contributed by atoms with Crippen LogP contribution in [0.2, 0.25) is 0 Å². The molecule has 1 saturated heterocycles. The number of nitrogens with one attached hydrogen (secondary N) is 2. The van der Waals surface area contributed by atoms with Crippen LogP contribution in [-0.4, -0.2) is 50.1 Å². The number of ether oxygens (including phenoxy) is 1. The van der Waals surface area contributed by atoms with Crippen LogP contribution in [0.3, 0.4) is 0 Å². The zero-order chi connectivity index (χ0) is 16.5. The minimum atomic E-state index is -0.285. The smallest absolute Gasteiger partial charge is 0.315 e. The molecule has 2 rings (SSSR count). The lowest BCUT2D eigenvalue weighted by Gasteiger charge is -2.15. The fraction of sp³-hybridized carbons (Fsp3) is 0.529. The van der Waals surface area contributed by atoms with Gasteiger partial charge in [0.15, 0.2) is 0 Å². The topological polar surface area (TPSA) is 70.7 Å². The van der Waals surface area contributed by atoms with E-state index in [4.69, 9.17) is 4.74 Å². The molecule has 0 unspecified atom stereocenters. The molecular weight excluding hydrogens is 294 g/mol. The Bertz CT molecular complexity index is 510. The van der Waals surface area contributed by atoms with E-state index in [1.807, 2.05) is 24.3 Å². The van der Waals surface area contributed by atoms with Gasteiger partial charge in [-0.3, -0.25) is 4.79 Å². The Morgan fingerprint density at radius 1 is 1.13 bits per heavy atom. The fourth-order valence-corrected chi connectivity index (χ4v) is 2.58. The second-order valence-corrected chi connectivity index (χ2v) is 5.65. The number of nitrogens with zero attached hydrogens (tertiary/aromatic N) is 1. The van der Waals surface area contributed by atoms with Gasteiger partial charge in [0.05, 0.1) is 13.7 Å². The molecule has 1 aliphatic rings. The normalized spacial score (nSPS) is 13.7. The quantitative estimate of drug-likeness (QED) is 0.749. The molecule has 0 aliphatic carbocycles. The second-order valence-electron chi connectivity index (χ2n) is 5.65. The highest BCUT2D eigenvalue weighted by molar-refractivity contribution is 5.84. The zero-order valence-electron chi connectivity index (χ0n) is 13.6. The monoisotopic (exact) mass is 319 g/mol. The molecular formula is C17H25N3O3. The van der Waals surface area contributed by atoms with Gasteiger partial charge in [0.25, 0.3) is 0 Å². The number of urea groups is 1. The molecule has 1 fully saturated rings. The van der Waals surface area contributed by atoms with Gasteiger partial charge in [0.2, 0.25) is 5.91 Å². The molecule has 3 amide bonds. The molecule has 0 saturated carbocycles. The molecule has 0 bridgehead atoms. The number of hydrogen-bond acceptors (Lipinski definition) is 3. The Balaban J connectivity index is 1.56. The first-order valence-corrected chi connectivity index (χ1v) is 8.11. The van der Waals surface area contributed by atoms with Gasteiger partial charge in [0, 0.05) is 19.6 Å². The number of hydrogen-bond donors (Lipinski definition) is 2. The van der Waals surface area contributed by atoms with Crippen molar-refractivity contribution in [2.24, 2.45) is 0 Å². The number of benzene rings is 1. The van der Waals surface area contributed by atoms with Crippen LogP contribution in [0.25, 0.3) is 0 Å². The molecule has 0 spiro atoms. The van der Waals surface area contributed by atoms with Crippen molar-refractivity contribution >= 4 is 11.9 Å². The van der Waals surface area contributed by atoms with Crippen molar-refractivity contribution in [2.75, 3.05) is 33.3 Å². The van der Waals surface area contributed by atoms with Gasteiger partial charge in [-0.1, -0.05) is 12.1 Å². The highest BCUT2D eigenvalue weighted by Gasteiger charge is 2.17. The number of aryl methyl sites for hydroxylation is 1. The van der Waals surface area contributed by atoms with E-state index in [0.717, 1.165) is 44.5 Å². The number of carbonyl (C=O) groups is 2. The highest BCUT2D eigenvalue weighted by Crippen LogP contribution is 2.12. The number of likely N-dealkylation sites (tertiary alicyclic amines) is 1. The highest BCUT2D eigenvalue weighted by atomic mass is 16.5. The number of carbonyl (C=O) groups excluding carboxylic acids is 2. The molecule has 1 aromatic carbocycles. The molecule has 1 aliphatic heterocycles. The van der Waals surface area contributed by atoms with Gasteiger partial charge in [0.1, 0.15) is 5.75 Å². The summed E-state index contributed by atoms with van der Waals surface area (Å²) in [6.45, 7) is 2.27. The van der Waals surface area contributed by atoms with Crippen LogP contribution in [-0.2, 0) is 11.2 Å². The Morgan fingerprint density at radius 2 is 1.83 bits per heavy atom. The maximum Gasteiger partial charge on any atom is 0.315 e. The summed E-state index contributed by atoms with van der Waals surface area (Å²) in [5.74, 6) is 0.838. The van der Waals surface area contributed by atoms with E-state index in [0.29, 0.717) is 6.54 Å². The van der Waals surface area contributed by atoms with Gasteiger partial charge in [-0.05, 0) is 43.4 Å². The molecule has 1 heterocycles. The lowest BCUT2D eigenvalue weighted by molar-refractivity contribution is -0.128. The minimum absolute atomic E-state index is 0.00381. The number of methoxy groups -OCH3 is 1. The van der Waals surface area contributed by atoms with E-state index < -0.39 is 0 Å². The van der Waals surface area contributed by atoms with Gasteiger partial charge in [-0.2, -0.15) is 0 Å². The molecule has 0 aromatic heterocycles.